The van der Waals surface area contributed by atoms with Crippen molar-refractivity contribution in [2.45, 2.75) is 26.4 Å². The molecule has 0 spiro atoms. The van der Waals surface area contributed by atoms with Gasteiger partial charge in [-0.2, -0.15) is 0 Å². The first kappa shape index (κ1) is 14.0. The topological polar surface area (TPSA) is 15.3 Å². The molecule has 18 heavy (non-hydrogen) atoms. The summed E-state index contributed by atoms with van der Waals surface area (Å²) in [4.78, 5) is 2.35. The van der Waals surface area contributed by atoms with Crippen LogP contribution in [0.3, 0.4) is 0 Å². The van der Waals surface area contributed by atoms with Crippen molar-refractivity contribution in [2.75, 3.05) is 20.1 Å². The van der Waals surface area contributed by atoms with Gasteiger partial charge in [-0.3, -0.25) is 0 Å². The molecule has 4 heteroatoms. The van der Waals surface area contributed by atoms with E-state index in [1.165, 1.54) is 6.07 Å². The van der Waals surface area contributed by atoms with E-state index < -0.39 is 0 Å². The third-order valence-corrected chi connectivity index (χ3v) is 4.26. The fraction of sp³-hybridized carbons (Fsp3) is 0.571. The van der Waals surface area contributed by atoms with E-state index in [9.17, 15) is 4.39 Å². The zero-order valence-electron chi connectivity index (χ0n) is 11.1. The van der Waals surface area contributed by atoms with Gasteiger partial charge < -0.3 is 10.2 Å². The van der Waals surface area contributed by atoms with Gasteiger partial charge in [0.2, 0.25) is 0 Å². The Morgan fingerprint density at radius 1 is 1.50 bits per heavy atom. The monoisotopic (exact) mass is 314 g/mol. The normalized spacial score (nSPS) is 23.5. The number of rotatable bonds is 3. The molecular weight excluding hydrogens is 295 g/mol. The minimum Gasteiger partial charge on any atom is -0.308 e. The lowest BCUT2D eigenvalue weighted by atomic mass is 9.88. The summed E-state index contributed by atoms with van der Waals surface area (Å²) in [6.45, 7) is 7.53. The van der Waals surface area contributed by atoms with Crippen LogP contribution in [0.15, 0.2) is 22.7 Å². The van der Waals surface area contributed by atoms with E-state index in [1.807, 2.05) is 12.1 Å². The SMILES string of the molecule is CN1CC(NCc2ccc(F)c(Br)c2)C(C)(C)C1. The molecule has 1 aliphatic rings. The molecule has 1 saturated heterocycles. The minimum absolute atomic E-state index is 0.209. The molecule has 0 saturated carbocycles. The number of nitrogens with one attached hydrogen (secondary N) is 1. The van der Waals surface area contributed by atoms with Crippen LogP contribution in [-0.2, 0) is 6.54 Å². The lowest BCUT2D eigenvalue weighted by Crippen LogP contribution is -2.40. The smallest absolute Gasteiger partial charge is 0.137 e. The van der Waals surface area contributed by atoms with E-state index in [2.05, 4.69) is 47.0 Å². The van der Waals surface area contributed by atoms with E-state index in [0.717, 1.165) is 25.2 Å². The number of halogens is 2. The third-order valence-electron chi connectivity index (χ3n) is 3.65. The van der Waals surface area contributed by atoms with Crippen LogP contribution >= 0.6 is 15.9 Å². The predicted molar refractivity (Wildman–Crippen MR) is 76.0 cm³/mol. The quantitative estimate of drug-likeness (QED) is 0.922. The first-order valence-electron chi connectivity index (χ1n) is 6.24. The highest BCUT2D eigenvalue weighted by Crippen LogP contribution is 2.28. The Kier molecular flexibility index (Phi) is 4.09. The number of likely N-dealkylation sites (N-methyl/N-ethyl adjacent to an activating group) is 1. The number of nitrogens with zero attached hydrogens (tertiary/aromatic N) is 1. The van der Waals surface area contributed by atoms with Crippen LogP contribution in [0.5, 0.6) is 0 Å². The van der Waals surface area contributed by atoms with E-state index in [0.29, 0.717) is 10.5 Å². The van der Waals surface area contributed by atoms with Crippen LogP contribution in [0, 0.1) is 11.2 Å². The minimum atomic E-state index is -0.209. The van der Waals surface area contributed by atoms with Crippen molar-refractivity contribution >= 4 is 15.9 Å². The molecule has 1 aliphatic heterocycles. The Bertz CT molecular complexity index is 434. The van der Waals surface area contributed by atoms with Crippen molar-refractivity contribution in [2.24, 2.45) is 5.41 Å². The van der Waals surface area contributed by atoms with E-state index in [4.69, 9.17) is 0 Å². The predicted octanol–water partition coefficient (Wildman–Crippen LogP) is 3.02. The van der Waals surface area contributed by atoms with Gasteiger partial charge in [0, 0.05) is 25.7 Å². The molecule has 0 aliphatic carbocycles. The van der Waals surface area contributed by atoms with E-state index in [1.54, 1.807) is 0 Å². The summed E-state index contributed by atoms with van der Waals surface area (Å²) >= 11 is 3.22. The summed E-state index contributed by atoms with van der Waals surface area (Å²) in [5, 5.41) is 3.58. The van der Waals surface area contributed by atoms with Gasteiger partial charge in [-0.05, 0) is 46.1 Å². The van der Waals surface area contributed by atoms with Crippen LogP contribution in [0.1, 0.15) is 19.4 Å². The maximum Gasteiger partial charge on any atom is 0.137 e. The second-order valence-electron chi connectivity index (χ2n) is 5.87. The molecule has 0 aromatic heterocycles. The van der Waals surface area contributed by atoms with Crippen molar-refractivity contribution in [3.8, 4) is 0 Å². The maximum absolute atomic E-state index is 13.1. The van der Waals surface area contributed by atoms with Gasteiger partial charge in [-0.25, -0.2) is 4.39 Å². The molecule has 2 rings (SSSR count). The molecule has 2 nitrogen and oxygen atoms in total. The lowest BCUT2D eigenvalue weighted by Gasteiger charge is -2.26. The van der Waals surface area contributed by atoms with Crippen molar-refractivity contribution in [3.63, 3.8) is 0 Å². The summed E-state index contributed by atoms with van der Waals surface area (Å²) < 4.78 is 13.7. The van der Waals surface area contributed by atoms with Crippen LogP contribution in [-0.4, -0.2) is 31.1 Å². The molecule has 0 bridgehead atoms. The fourth-order valence-corrected chi connectivity index (χ4v) is 3.09. The van der Waals surface area contributed by atoms with Gasteiger partial charge in [0.25, 0.3) is 0 Å². The average Bonchev–Trinajstić information content (AvgIpc) is 2.53. The molecule has 1 N–H and O–H groups in total. The molecular formula is C14H20BrFN2. The van der Waals surface area contributed by atoms with Crippen molar-refractivity contribution < 1.29 is 4.39 Å². The Morgan fingerprint density at radius 3 is 2.78 bits per heavy atom. The number of benzene rings is 1. The van der Waals surface area contributed by atoms with Crippen LogP contribution in [0.25, 0.3) is 0 Å². The molecule has 1 fully saturated rings. The molecule has 1 unspecified atom stereocenters. The number of likely N-dealkylation sites (tertiary alicyclic amines) is 1. The summed E-state index contributed by atoms with van der Waals surface area (Å²) in [5.41, 5.74) is 1.39. The summed E-state index contributed by atoms with van der Waals surface area (Å²) in [6, 6.07) is 5.66. The van der Waals surface area contributed by atoms with Crippen molar-refractivity contribution in [1.82, 2.24) is 10.2 Å². The van der Waals surface area contributed by atoms with Crippen molar-refractivity contribution in [1.29, 1.82) is 0 Å². The van der Waals surface area contributed by atoms with Gasteiger partial charge >= 0.3 is 0 Å². The van der Waals surface area contributed by atoms with Crippen LogP contribution in [0.4, 0.5) is 4.39 Å². The molecule has 1 heterocycles. The van der Waals surface area contributed by atoms with E-state index >= 15 is 0 Å². The largest absolute Gasteiger partial charge is 0.308 e. The second-order valence-corrected chi connectivity index (χ2v) is 6.72. The summed E-state index contributed by atoms with van der Waals surface area (Å²) in [6.07, 6.45) is 0. The summed E-state index contributed by atoms with van der Waals surface area (Å²) in [5.74, 6) is -0.209. The van der Waals surface area contributed by atoms with Gasteiger partial charge in [0.1, 0.15) is 5.82 Å². The Balaban J connectivity index is 1.97. The lowest BCUT2D eigenvalue weighted by molar-refractivity contribution is 0.297. The molecule has 1 aromatic rings. The van der Waals surface area contributed by atoms with Gasteiger partial charge in [0.05, 0.1) is 4.47 Å². The first-order valence-corrected chi connectivity index (χ1v) is 7.03. The van der Waals surface area contributed by atoms with Crippen LogP contribution in [0.2, 0.25) is 0 Å². The molecule has 1 atom stereocenters. The molecule has 0 radical (unpaired) electrons. The average molecular weight is 315 g/mol. The van der Waals surface area contributed by atoms with Gasteiger partial charge in [0.15, 0.2) is 0 Å². The van der Waals surface area contributed by atoms with Gasteiger partial charge in [-0.15, -0.1) is 0 Å². The number of hydrogen-bond acceptors (Lipinski definition) is 2. The maximum atomic E-state index is 13.1. The standard InChI is InChI=1S/C14H20BrFN2/c1-14(2)9-18(3)8-13(14)17-7-10-4-5-12(16)11(15)6-10/h4-6,13,17H,7-9H2,1-3H3. The number of hydrogen-bond donors (Lipinski definition) is 1. The van der Waals surface area contributed by atoms with Crippen molar-refractivity contribution in [3.05, 3.63) is 34.1 Å². The summed E-state index contributed by atoms with van der Waals surface area (Å²) in [7, 11) is 2.15. The fourth-order valence-electron chi connectivity index (χ4n) is 2.66. The Labute approximate surface area is 117 Å². The zero-order chi connectivity index (χ0) is 13.3. The Morgan fingerprint density at radius 2 is 2.22 bits per heavy atom. The van der Waals surface area contributed by atoms with Gasteiger partial charge in [-0.1, -0.05) is 19.9 Å². The third kappa shape index (κ3) is 3.11. The highest BCUT2D eigenvalue weighted by molar-refractivity contribution is 9.10. The zero-order valence-corrected chi connectivity index (χ0v) is 12.7. The highest BCUT2D eigenvalue weighted by Gasteiger charge is 2.37. The second kappa shape index (κ2) is 5.27. The first-order chi connectivity index (χ1) is 8.38. The molecule has 100 valence electrons. The molecule has 1 aromatic carbocycles. The highest BCUT2D eigenvalue weighted by atomic mass is 79.9. The molecule has 0 amide bonds. The van der Waals surface area contributed by atoms with E-state index in [-0.39, 0.29) is 11.2 Å². The Hall–Kier alpha value is -0.450. The van der Waals surface area contributed by atoms with Crippen LogP contribution < -0.4 is 5.32 Å².